The van der Waals surface area contributed by atoms with Crippen LogP contribution in [0.2, 0.25) is 24.7 Å². The lowest BCUT2D eigenvalue weighted by atomic mass is 10.1. The largest absolute Gasteiger partial charge is 0.341 e. The number of hydrogen-bond acceptors (Lipinski definition) is 2. The lowest BCUT2D eigenvalue weighted by Gasteiger charge is -2.12. The Morgan fingerprint density at radius 2 is 1.77 bits per heavy atom. The molecule has 0 saturated carbocycles. The van der Waals surface area contributed by atoms with Crippen LogP contribution in [0.4, 0.5) is 4.79 Å². The van der Waals surface area contributed by atoms with Crippen molar-refractivity contribution >= 4 is 47.3 Å². The first kappa shape index (κ1) is 16.9. The van der Waals surface area contributed by atoms with Crippen LogP contribution in [0.5, 0.6) is 0 Å². The van der Waals surface area contributed by atoms with E-state index in [2.05, 4.69) is 42.1 Å². The van der Waals surface area contributed by atoms with Crippen LogP contribution in [0.1, 0.15) is 10.4 Å². The Kier molecular flexibility index (Phi) is 5.21. The Balaban J connectivity index is 2.50. The van der Waals surface area contributed by atoms with E-state index in [1.54, 1.807) is 18.4 Å². The van der Waals surface area contributed by atoms with Gasteiger partial charge < -0.3 is 5.32 Å². The van der Waals surface area contributed by atoms with E-state index in [9.17, 15) is 4.79 Å². The maximum absolute atomic E-state index is 11.7. The van der Waals surface area contributed by atoms with E-state index < -0.39 is 8.07 Å². The van der Waals surface area contributed by atoms with E-state index in [0.29, 0.717) is 10.7 Å². The van der Waals surface area contributed by atoms with Gasteiger partial charge >= 0.3 is 6.03 Å². The summed E-state index contributed by atoms with van der Waals surface area (Å²) in [4.78, 5) is 16.9. The Morgan fingerprint density at radius 3 is 2.27 bits per heavy atom. The van der Waals surface area contributed by atoms with Crippen molar-refractivity contribution in [1.82, 2.24) is 5.32 Å². The zero-order chi connectivity index (χ0) is 16.3. The molecular formula is C16H19ClN2OSSi. The highest BCUT2D eigenvalue weighted by molar-refractivity contribution is 7.27. The van der Waals surface area contributed by atoms with Gasteiger partial charge in [0.15, 0.2) is 0 Å². The van der Waals surface area contributed by atoms with Crippen molar-refractivity contribution in [2.45, 2.75) is 19.6 Å². The minimum Gasteiger partial charge on any atom is -0.339 e. The molecule has 116 valence electrons. The molecule has 1 aromatic heterocycles. The maximum atomic E-state index is 11.7. The van der Waals surface area contributed by atoms with Crippen molar-refractivity contribution in [2.24, 2.45) is 4.99 Å². The van der Waals surface area contributed by atoms with E-state index in [1.807, 2.05) is 24.3 Å². The second kappa shape index (κ2) is 6.77. The summed E-state index contributed by atoms with van der Waals surface area (Å²) in [6, 6.07) is 11.2. The molecule has 0 aliphatic rings. The van der Waals surface area contributed by atoms with Crippen LogP contribution in [0.25, 0.3) is 0 Å². The topological polar surface area (TPSA) is 41.5 Å². The molecule has 2 amide bonds. The molecule has 0 bridgehead atoms. The highest BCUT2D eigenvalue weighted by Gasteiger charge is 2.20. The molecule has 0 aliphatic carbocycles. The van der Waals surface area contributed by atoms with Crippen LogP contribution in [-0.2, 0) is 0 Å². The van der Waals surface area contributed by atoms with E-state index in [-0.39, 0.29) is 6.03 Å². The summed E-state index contributed by atoms with van der Waals surface area (Å²) in [7, 11) is 0.202. The first-order chi connectivity index (χ1) is 10.3. The Morgan fingerprint density at radius 1 is 1.14 bits per heavy atom. The Bertz CT molecular complexity index is 702. The van der Waals surface area contributed by atoms with Crippen LogP contribution in [0.15, 0.2) is 41.4 Å². The van der Waals surface area contributed by atoms with Gasteiger partial charge in [-0.25, -0.2) is 4.79 Å². The maximum Gasteiger partial charge on any atom is 0.341 e. The molecule has 0 aliphatic heterocycles. The average Bonchev–Trinajstić information content (AvgIpc) is 2.95. The van der Waals surface area contributed by atoms with Gasteiger partial charge in [0.25, 0.3) is 0 Å². The predicted molar refractivity (Wildman–Crippen MR) is 98.8 cm³/mol. The first-order valence-electron chi connectivity index (χ1n) is 6.98. The number of urea groups is 1. The van der Waals surface area contributed by atoms with Gasteiger partial charge in [0.2, 0.25) is 0 Å². The van der Waals surface area contributed by atoms with Gasteiger partial charge in [-0.15, -0.1) is 11.3 Å². The van der Waals surface area contributed by atoms with E-state index in [1.165, 1.54) is 4.50 Å². The fraction of sp³-hybridized carbons (Fsp3) is 0.250. The third-order valence-electron chi connectivity index (χ3n) is 3.12. The van der Waals surface area contributed by atoms with Gasteiger partial charge in [-0.2, -0.15) is 4.99 Å². The fourth-order valence-electron chi connectivity index (χ4n) is 1.90. The minimum absolute atomic E-state index is 0.354. The van der Waals surface area contributed by atoms with Gasteiger partial charge in [0.05, 0.1) is 18.7 Å². The van der Waals surface area contributed by atoms with Crippen molar-refractivity contribution < 1.29 is 4.79 Å². The van der Waals surface area contributed by atoms with Crippen molar-refractivity contribution in [3.63, 3.8) is 0 Å². The molecule has 22 heavy (non-hydrogen) atoms. The number of aliphatic imine (C=N–C) groups is 1. The number of halogens is 1. The molecule has 1 N–H and O–H groups in total. The van der Waals surface area contributed by atoms with Crippen LogP contribution in [-0.4, -0.2) is 26.9 Å². The molecule has 0 saturated heterocycles. The number of thiophene rings is 1. The van der Waals surface area contributed by atoms with Gasteiger partial charge in [0, 0.05) is 17.6 Å². The number of benzene rings is 1. The number of carbonyl (C=O) groups excluding carboxylic acids is 1. The number of carbonyl (C=O) groups is 1. The lowest BCUT2D eigenvalue weighted by Crippen LogP contribution is -2.34. The van der Waals surface area contributed by atoms with Crippen molar-refractivity contribution in [2.75, 3.05) is 7.05 Å². The molecule has 0 unspecified atom stereocenters. The molecule has 2 aromatic rings. The molecule has 0 spiro atoms. The molecule has 0 fully saturated rings. The number of nitrogens with zero attached hydrogens (tertiary/aromatic N) is 1. The van der Waals surface area contributed by atoms with E-state index in [4.69, 9.17) is 11.6 Å². The minimum atomic E-state index is -1.37. The molecule has 1 heterocycles. The van der Waals surface area contributed by atoms with Crippen molar-refractivity contribution in [3.8, 4) is 0 Å². The monoisotopic (exact) mass is 350 g/mol. The normalized spacial score (nSPS) is 12.3. The van der Waals surface area contributed by atoms with Gasteiger partial charge in [-0.05, 0) is 22.7 Å². The highest BCUT2D eigenvalue weighted by Crippen LogP contribution is 2.20. The molecule has 2 rings (SSSR count). The van der Waals surface area contributed by atoms with Crippen LogP contribution in [0.3, 0.4) is 0 Å². The van der Waals surface area contributed by atoms with Crippen LogP contribution < -0.4 is 9.82 Å². The summed E-state index contributed by atoms with van der Waals surface area (Å²) in [5.41, 5.74) is 1.57. The SMILES string of the molecule is CNC(=O)N=C(c1ccc(Cl)cc1)c1ccc([Si](C)(C)C)s1. The molecule has 1 aromatic carbocycles. The highest BCUT2D eigenvalue weighted by atomic mass is 35.5. The second-order valence-corrected chi connectivity index (χ2v) is 12.9. The predicted octanol–water partition coefficient (Wildman–Crippen LogP) is 4.12. The Hall–Kier alpha value is -1.43. The molecule has 0 radical (unpaired) electrons. The molecule has 3 nitrogen and oxygen atoms in total. The van der Waals surface area contributed by atoms with Gasteiger partial charge in [-0.3, -0.25) is 0 Å². The second-order valence-electron chi connectivity index (χ2n) is 5.94. The van der Waals surface area contributed by atoms with E-state index >= 15 is 0 Å². The third-order valence-corrected chi connectivity index (χ3v) is 8.07. The lowest BCUT2D eigenvalue weighted by molar-refractivity contribution is 0.251. The third kappa shape index (κ3) is 4.06. The zero-order valence-corrected chi connectivity index (χ0v) is 15.7. The average molecular weight is 351 g/mol. The number of hydrogen-bond donors (Lipinski definition) is 1. The molecular weight excluding hydrogens is 332 g/mol. The number of amides is 2. The summed E-state index contributed by atoms with van der Waals surface area (Å²) >= 11 is 7.67. The number of nitrogens with one attached hydrogen (secondary N) is 1. The molecule has 0 atom stereocenters. The zero-order valence-electron chi connectivity index (χ0n) is 13.1. The fourth-order valence-corrected chi connectivity index (χ4v) is 4.93. The number of rotatable bonds is 3. The standard InChI is InChI=1S/C16H19ClN2OSSi/c1-18-16(20)19-15(11-5-7-12(17)8-6-11)13-9-10-14(21-13)22(2,3)4/h5-10H,1-4H3,(H,18,20). The quantitative estimate of drug-likeness (QED) is 0.656. The van der Waals surface area contributed by atoms with Gasteiger partial charge in [-0.1, -0.05) is 49.4 Å². The van der Waals surface area contributed by atoms with Gasteiger partial charge in [0.1, 0.15) is 0 Å². The summed E-state index contributed by atoms with van der Waals surface area (Å²) in [5.74, 6) is 0. The summed E-state index contributed by atoms with van der Waals surface area (Å²) in [6.45, 7) is 6.92. The summed E-state index contributed by atoms with van der Waals surface area (Å²) < 4.78 is 1.39. The van der Waals surface area contributed by atoms with Crippen LogP contribution >= 0.6 is 22.9 Å². The first-order valence-corrected chi connectivity index (χ1v) is 11.7. The van der Waals surface area contributed by atoms with Crippen LogP contribution in [0, 0.1) is 0 Å². The summed E-state index contributed by atoms with van der Waals surface area (Å²) in [5, 5.41) is 3.21. The van der Waals surface area contributed by atoms with E-state index in [0.717, 1.165) is 10.4 Å². The molecule has 6 heteroatoms. The smallest absolute Gasteiger partial charge is 0.339 e. The van der Waals surface area contributed by atoms with Crippen molar-refractivity contribution in [1.29, 1.82) is 0 Å². The summed E-state index contributed by atoms with van der Waals surface area (Å²) in [6.07, 6.45) is 0. The Labute approximate surface area is 141 Å². The van der Waals surface area contributed by atoms with Crippen molar-refractivity contribution in [3.05, 3.63) is 51.9 Å².